The molecule has 0 aliphatic heterocycles. The summed E-state index contributed by atoms with van der Waals surface area (Å²) in [5.74, 6) is -0.969. The van der Waals surface area contributed by atoms with E-state index in [0.717, 1.165) is 12.1 Å². The molecule has 0 spiro atoms. The first kappa shape index (κ1) is 20.6. The highest BCUT2D eigenvalue weighted by Gasteiger charge is 2.20. The van der Waals surface area contributed by atoms with Crippen LogP contribution in [0.1, 0.15) is 17.3 Å². The Labute approximate surface area is 160 Å². The predicted molar refractivity (Wildman–Crippen MR) is 98.8 cm³/mol. The van der Waals surface area contributed by atoms with Gasteiger partial charge in [-0.3, -0.25) is 4.55 Å². The fraction of sp³-hybridized carbons (Fsp3) is 0.188. The molecule has 0 heterocycles. The fourth-order valence-electron chi connectivity index (χ4n) is 2.20. The van der Waals surface area contributed by atoms with Crippen molar-refractivity contribution in [2.24, 2.45) is 10.3 Å². The Morgan fingerprint density at radius 2 is 1.96 bits per heavy atom. The molecule has 0 atom stereocenters. The number of ether oxygens (including phenoxy) is 1. The predicted octanol–water partition coefficient (Wildman–Crippen LogP) is 3.82. The minimum Gasteiger partial charge on any atom is -0.494 e. The number of hydrogen-bond donors (Lipinski definition) is 2. The number of aromatic carboxylic acids is 1. The maximum atomic E-state index is 11.5. The number of benzene rings is 2. The Hall–Kier alpha value is -2.69. The van der Waals surface area contributed by atoms with Crippen molar-refractivity contribution in [3.05, 3.63) is 47.0 Å². The van der Waals surface area contributed by atoms with Crippen molar-refractivity contribution in [1.82, 2.24) is 0 Å². The van der Waals surface area contributed by atoms with Crippen LogP contribution in [0.5, 0.6) is 5.75 Å². The van der Waals surface area contributed by atoms with Gasteiger partial charge in [0, 0.05) is 11.6 Å². The average Bonchev–Trinajstić information content (AvgIpc) is 2.61. The van der Waals surface area contributed by atoms with Crippen LogP contribution < -0.4 is 9.75 Å². The van der Waals surface area contributed by atoms with Gasteiger partial charge in [0.1, 0.15) is 11.4 Å². The molecule has 9 nitrogen and oxygen atoms in total. The normalized spacial score (nSPS) is 11.6. The van der Waals surface area contributed by atoms with Gasteiger partial charge >= 0.3 is 5.97 Å². The van der Waals surface area contributed by atoms with E-state index in [4.69, 9.17) is 20.9 Å². The number of halogens is 1. The molecule has 11 heteroatoms. The summed E-state index contributed by atoms with van der Waals surface area (Å²) in [4.78, 5) is 11.0. The Balaban J connectivity index is 2.49. The second-order valence-electron chi connectivity index (χ2n) is 5.18. The highest BCUT2D eigenvalue weighted by molar-refractivity contribution is 7.85. The first-order valence-corrected chi connectivity index (χ1v) is 9.36. The molecule has 0 bridgehead atoms. The Morgan fingerprint density at radius 3 is 2.52 bits per heavy atom. The molecule has 2 N–H and O–H groups in total. The summed E-state index contributed by atoms with van der Waals surface area (Å²) in [6, 6.07) is 7.91. The molecule has 0 aliphatic rings. The molecule has 2 rings (SSSR count). The molecule has 2 aromatic rings. The van der Waals surface area contributed by atoms with Crippen LogP contribution in [0.3, 0.4) is 0 Å². The van der Waals surface area contributed by atoms with E-state index in [2.05, 4.69) is 10.3 Å². The second-order valence-corrected chi connectivity index (χ2v) is 7.04. The van der Waals surface area contributed by atoms with Crippen molar-refractivity contribution in [2.45, 2.75) is 11.8 Å². The molecule has 0 saturated carbocycles. The molecular formula is C16H16ClN3O6S. The maximum Gasteiger partial charge on any atom is 0.337 e. The maximum absolute atomic E-state index is 11.5. The Kier molecular flexibility index (Phi) is 6.37. The minimum atomic E-state index is -4.54. The third kappa shape index (κ3) is 4.94. The van der Waals surface area contributed by atoms with E-state index in [9.17, 15) is 18.3 Å². The van der Waals surface area contributed by atoms with Crippen LogP contribution in [0.2, 0.25) is 5.02 Å². The van der Waals surface area contributed by atoms with Gasteiger partial charge < -0.3 is 9.84 Å². The number of carboxylic acids is 1. The summed E-state index contributed by atoms with van der Waals surface area (Å²) in [6.07, 6.45) is 0. The number of anilines is 1. The van der Waals surface area contributed by atoms with E-state index >= 15 is 0 Å². The Morgan fingerprint density at radius 1 is 1.26 bits per heavy atom. The van der Waals surface area contributed by atoms with Gasteiger partial charge in [-0.05, 0) is 43.3 Å². The number of carboxylic acid groups (broad SMARTS) is 1. The molecule has 0 radical (unpaired) electrons. The van der Waals surface area contributed by atoms with Crippen LogP contribution in [0, 0.1) is 0 Å². The van der Waals surface area contributed by atoms with E-state index < -0.39 is 21.0 Å². The lowest BCUT2D eigenvalue weighted by atomic mass is 10.1. The standard InChI is InChI=1S/C16H16ClN3O6S/c1-3-20(19-18-13-8-10(17)4-7-15(13)26-2)14-6-5-11(27(23,24)25)9-12(14)16(21)22/h4-9H,3H2,1-2H3,(H,21,22)(H,23,24,25). The van der Waals surface area contributed by atoms with Gasteiger partial charge in [-0.1, -0.05) is 16.8 Å². The molecule has 0 aliphatic carbocycles. The molecule has 0 fully saturated rings. The van der Waals surface area contributed by atoms with Crippen LogP contribution in [0.4, 0.5) is 11.4 Å². The first-order chi connectivity index (χ1) is 12.7. The smallest absolute Gasteiger partial charge is 0.337 e. The van der Waals surface area contributed by atoms with Gasteiger partial charge in [-0.25, -0.2) is 9.80 Å². The molecule has 0 amide bonds. The van der Waals surface area contributed by atoms with Crippen LogP contribution in [-0.4, -0.2) is 37.7 Å². The van der Waals surface area contributed by atoms with Gasteiger partial charge in [0.25, 0.3) is 10.1 Å². The molecule has 0 unspecified atom stereocenters. The summed E-state index contributed by atoms with van der Waals surface area (Å²) in [7, 11) is -3.09. The highest BCUT2D eigenvalue weighted by atomic mass is 35.5. The van der Waals surface area contributed by atoms with Gasteiger partial charge in [0.2, 0.25) is 0 Å². The van der Waals surface area contributed by atoms with E-state index in [1.807, 2.05) is 0 Å². The van der Waals surface area contributed by atoms with Crippen LogP contribution in [0.25, 0.3) is 0 Å². The third-order valence-corrected chi connectivity index (χ3v) is 4.56. The summed E-state index contributed by atoms with van der Waals surface area (Å²) in [6.45, 7) is 1.94. The molecule has 2 aromatic carbocycles. The molecule has 144 valence electrons. The van der Waals surface area contributed by atoms with Crippen LogP contribution >= 0.6 is 11.6 Å². The lowest BCUT2D eigenvalue weighted by molar-refractivity contribution is 0.0697. The quantitative estimate of drug-likeness (QED) is 0.401. The van der Waals surface area contributed by atoms with E-state index in [1.54, 1.807) is 19.1 Å². The van der Waals surface area contributed by atoms with Gasteiger partial charge in [0.05, 0.1) is 23.3 Å². The van der Waals surface area contributed by atoms with Crippen molar-refractivity contribution in [3.63, 3.8) is 0 Å². The summed E-state index contributed by atoms with van der Waals surface area (Å²) in [5.41, 5.74) is 0.0704. The lowest BCUT2D eigenvalue weighted by Gasteiger charge is -2.18. The van der Waals surface area contributed by atoms with Crippen molar-refractivity contribution >= 4 is 39.1 Å². The number of rotatable bonds is 7. The highest BCUT2D eigenvalue weighted by Crippen LogP contribution is 2.32. The SMILES string of the molecule is CCN(N=Nc1cc(Cl)ccc1OC)c1ccc(S(=O)(=O)O)cc1C(=O)O. The minimum absolute atomic E-state index is 0.0992. The van der Waals surface area contributed by atoms with Gasteiger partial charge in [0.15, 0.2) is 0 Å². The molecule has 0 aromatic heterocycles. The zero-order valence-electron chi connectivity index (χ0n) is 14.3. The molecule has 0 saturated heterocycles. The zero-order chi connectivity index (χ0) is 20.2. The number of hydrogen-bond acceptors (Lipinski definition) is 6. The Bertz CT molecular complexity index is 994. The number of carbonyl (C=O) groups is 1. The summed E-state index contributed by atoms with van der Waals surface area (Å²) < 4.78 is 36.8. The zero-order valence-corrected chi connectivity index (χ0v) is 15.9. The van der Waals surface area contributed by atoms with Crippen molar-refractivity contribution in [1.29, 1.82) is 0 Å². The summed E-state index contributed by atoms with van der Waals surface area (Å²) in [5, 5.41) is 19.1. The topological polar surface area (TPSA) is 129 Å². The largest absolute Gasteiger partial charge is 0.494 e. The number of nitrogens with zero attached hydrogens (tertiary/aromatic N) is 3. The fourth-order valence-corrected chi connectivity index (χ4v) is 2.87. The third-order valence-electron chi connectivity index (χ3n) is 3.48. The van der Waals surface area contributed by atoms with Crippen molar-refractivity contribution in [2.75, 3.05) is 18.7 Å². The van der Waals surface area contributed by atoms with Gasteiger partial charge in [-0.15, -0.1) is 5.11 Å². The molecule has 27 heavy (non-hydrogen) atoms. The average molecular weight is 414 g/mol. The lowest BCUT2D eigenvalue weighted by Crippen LogP contribution is -2.18. The van der Waals surface area contributed by atoms with Gasteiger partial charge in [-0.2, -0.15) is 8.42 Å². The monoisotopic (exact) mass is 413 g/mol. The van der Waals surface area contributed by atoms with Crippen LogP contribution in [0.15, 0.2) is 51.6 Å². The number of methoxy groups -OCH3 is 1. The van der Waals surface area contributed by atoms with E-state index in [0.29, 0.717) is 16.5 Å². The van der Waals surface area contributed by atoms with E-state index in [1.165, 1.54) is 24.3 Å². The first-order valence-electron chi connectivity index (χ1n) is 7.55. The second kappa shape index (κ2) is 8.33. The van der Waals surface area contributed by atoms with Crippen molar-refractivity contribution in [3.8, 4) is 5.75 Å². The van der Waals surface area contributed by atoms with Crippen molar-refractivity contribution < 1.29 is 27.6 Å². The van der Waals surface area contributed by atoms with Crippen LogP contribution in [-0.2, 0) is 10.1 Å². The molecular weight excluding hydrogens is 398 g/mol. The summed E-state index contributed by atoms with van der Waals surface area (Å²) >= 11 is 5.94. The van der Waals surface area contributed by atoms with E-state index in [-0.39, 0.29) is 17.8 Å².